The van der Waals surface area contributed by atoms with Crippen molar-refractivity contribution in [2.24, 2.45) is 0 Å². The molecule has 0 bridgehead atoms. The van der Waals surface area contributed by atoms with Gasteiger partial charge in [0.15, 0.2) is 17.2 Å². The number of para-hydroxylation sites is 3. The van der Waals surface area contributed by atoms with Gasteiger partial charge < -0.3 is 8.98 Å². The van der Waals surface area contributed by atoms with Gasteiger partial charge in [0.05, 0.1) is 27.8 Å². The minimum absolute atomic E-state index is 0.193. The van der Waals surface area contributed by atoms with Crippen molar-refractivity contribution in [3.63, 3.8) is 0 Å². The van der Waals surface area contributed by atoms with Crippen molar-refractivity contribution in [2.75, 3.05) is 0 Å². The van der Waals surface area contributed by atoms with E-state index in [1.165, 1.54) is 27.8 Å². The molecule has 72 heavy (non-hydrogen) atoms. The number of aromatic nitrogens is 5. The van der Waals surface area contributed by atoms with Crippen LogP contribution in [0.25, 0.3) is 122 Å². The highest BCUT2D eigenvalue weighted by Crippen LogP contribution is 2.50. The third-order valence-electron chi connectivity index (χ3n) is 15.5. The van der Waals surface area contributed by atoms with Crippen LogP contribution in [0, 0.1) is 0 Å². The van der Waals surface area contributed by atoms with Crippen LogP contribution < -0.4 is 0 Å². The van der Waals surface area contributed by atoms with Crippen molar-refractivity contribution >= 4 is 65.6 Å². The fourth-order valence-electron chi connectivity index (χ4n) is 12.0. The zero-order valence-electron chi connectivity index (χ0n) is 39.7. The van der Waals surface area contributed by atoms with Gasteiger partial charge in [0.1, 0.15) is 5.58 Å². The van der Waals surface area contributed by atoms with Crippen LogP contribution >= 0.6 is 0 Å². The molecule has 4 heterocycles. The summed E-state index contributed by atoms with van der Waals surface area (Å²) in [6.45, 7) is 4.63. The van der Waals surface area contributed by atoms with E-state index in [4.69, 9.17) is 19.4 Å². The number of hydrogen-bond donors (Lipinski definition) is 0. The van der Waals surface area contributed by atoms with Crippen molar-refractivity contribution < 1.29 is 4.42 Å². The minimum Gasteiger partial charge on any atom is -0.454 e. The van der Waals surface area contributed by atoms with Gasteiger partial charge >= 0.3 is 0 Å². The molecule has 0 N–H and O–H groups in total. The first-order valence-electron chi connectivity index (χ1n) is 24.9. The fourth-order valence-corrected chi connectivity index (χ4v) is 12.0. The quantitative estimate of drug-likeness (QED) is 0.167. The Balaban J connectivity index is 1.04. The Kier molecular flexibility index (Phi) is 8.73. The van der Waals surface area contributed by atoms with E-state index in [0.29, 0.717) is 23.5 Å². The Labute approximate surface area is 415 Å². The molecule has 0 spiro atoms. The second-order valence-corrected chi connectivity index (χ2v) is 19.9. The zero-order valence-corrected chi connectivity index (χ0v) is 39.7. The van der Waals surface area contributed by atoms with E-state index in [2.05, 4.69) is 223 Å². The van der Waals surface area contributed by atoms with Gasteiger partial charge in [0.25, 0.3) is 0 Å². The number of rotatable bonds is 6. The summed E-state index contributed by atoms with van der Waals surface area (Å²) < 4.78 is 11.7. The summed E-state index contributed by atoms with van der Waals surface area (Å²) in [6.07, 6.45) is 9.86. The highest BCUT2D eigenvalue weighted by molar-refractivity contribution is 6.24. The molecular formula is C66H45N5O. The lowest BCUT2D eigenvalue weighted by Crippen LogP contribution is -2.15. The number of furan rings is 1. The Hall–Kier alpha value is -9.13. The van der Waals surface area contributed by atoms with E-state index in [1.807, 2.05) is 18.2 Å². The lowest BCUT2D eigenvalue weighted by molar-refractivity contribution is 0.660. The van der Waals surface area contributed by atoms with E-state index in [-0.39, 0.29) is 5.41 Å². The van der Waals surface area contributed by atoms with Crippen LogP contribution in [0.15, 0.2) is 223 Å². The average molecular weight is 924 g/mol. The average Bonchev–Trinajstić information content (AvgIpc) is 4.16. The lowest BCUT2D eigenvalue weighted by Gasteiger charge is -2.21. The third-order valence-corrected chi connectivity index (χ3v) is 15.5. The third kappa shape index (κ3) is 5.99. The maximum atomic E-state index is 7.02. The van der Waals surface area contributed by atoms with Crippen molar-refractivity contribution in [1.82, 2.24) is 24.1 Å². The molecule has 2 aliphatic rings. The molecule has 1 unspecified atom stereocenters. The normalized spacial score (nSPS) is 14.9. The number of hydrogen-bond acceptors (Lipinski definition) is 4. The van der Waals surface area contributed by atoms with Gasteiger partial charge in [-0.05, 0) is 81.8 Å². The van der Waals surface area contributed by atoms with Crippen LogP contribution in [0.5, 0.6) is 0 Å². The lowest BCUT2D eigenvalue weighted by atomic mass is 9.82. The fraction of sp³-hybridized carbons (Fsp3) is 0.0758. The largest absolute Gasteiger partial charge is 0.454 e. The first kappa shape index (κ1) is 40.7. The predicted molar refractivity (Wildman–Crippen MR) is 295 cm³/mol. The zero-order chi connectivity index (χ0) is 47.7. The van der Waals surface area contributed by atoms with Gasteiger partial charge in [-0.1, -0.05) is 196 Å². The van der Waals surface area contributed by atoms with Crippen LogP contribution in [0.2, 0.25) is 0 Å². The van der Waals surface area contributed by atoms with Crippen molar-refractivity contribution in [2.45, 2.75) is 31.6 Å². The Morgan fingerprint density at radius 1 is 0.472 bits per heavy atom. The number of nitrogens with zero attached hydrogens (tertiary/aromatic N) is 5. The molecular weight excluding hydrogens is 879 g/mol. The van der Waals surface area contributed by atoms with Crippen LogP contribution in [0.3, 0.4) is 0 Å². The highest BCUT2D eigenvalue weighted by Gasteiger charge is 2.36. The standard InChI is InChI=1S/C66H45N5O/c1-66(2)54-28-13-9-24-46(54)47-33-32-44(38-55(47)66)64-67-63(41-20-7-4-8-21-41)68-65(69-64)71-57-30-15-11-26-49(57)52-35-34-51-48-25-10-14-29-56(48)70(60(51)61(52)71)58-39-45(37-53-50-27-12-16-31-59(50)72-62(53)58)43-23-17-22-42(36-43)40-18-5-3-6-19-40/h3-18,20-40H,19H2,1-2H3. The topological polar surface area (TPSA) is 61.7 Å². The Bertz CT molecular complexity index is 4470. The molecule has 6 nitrogen and oxygen atoms in total. The van der Waals surface area contributed by atoms with E-state index in [9.17, 15) is 0 Å². The van der Waals surface area contributed by atoms with Gasteiger partial charge in [0.2, 0.25) is 5.95 Å². The van der Waals surface area contributed by atoms with Crippen LogP contribution in [0.4, 0.5) is 0 Å². The SMILES string of the molecule is CC1(C)c2ccccc2-c2ccc(-c3nc(-c4ccccc4)nc(-n4c5ccccc5c5ccc6c7ccccc7n(-c7cc(-c8cccc(C9C=CC=CC9)c8)cc8c7oc7ccccc78)c6c54)n3)cc21. The summed E-state index contributed by atoms with van der Waals surface area (Å²) in [5.41, 5.74) is 17.1. The van der Waals surface area contributed by atoms with Gasteiger partial charge in [-0.3, -0.25) is 4.57 Å². The van der Waals surface area contributed by atoms with Crippen molar-refractivity contribution in [3.05, 3.63) is 235 Å². The molecule has 6 heteroatoms. The molecule has 0 saturated heterocycles. The molecule has 0 radical (unpaired) electrons. The summed E-state index contributed by atoms with van der Waals surface area (Å²) in [6, 6.07) is 69.9. The minimum atomic E-state index is -0.193. The molecule has 340 valence electrons. The monoisotopic (exact) mass is 923 g/mol. The molecule has 0 aliphatic heterocycles. The van der Waals surface area contributed by atoms with Crippen molar-refractivity contribution in [1.29, 1.82) is 0 Å². The molecule has 15 rings (SSSR count). The maximum absolute atomic E-state index is 7.02. The summed E-state index contributed by atoms with van der Waals surface area (Å²) >= 11 is 0. The second-order valence-electron chi connectivity index (χ2n) is 19.9. The summed E-state index contributed by atoms with van der Waals surface area (Å²) in [5, 5.41) is 6.62. The van der Waals surface area contributed by atoms with E-state index in [0.717, 1.165) is 99.9 Å². The van der Waals surface area contributed by atoms with Crippen LogP contribution in [-0.2, 0) is 5.41 Å². The van der Waals surface area contributed by atoms with Gasteiger partial charge in [-0.15, -0.1) is 0 Å². The molecule has 2 aliphatic carbocycles. The molecule has 0 amide bonds. The Morgan fingerprint density at radius 2 is 1.14 bits per heavy atom. The van der Waals surface area contributed by atoms with Crippen LogP contribution in [-0.4, -0.2) is 24.1 Å². The maximum Gasteiger partial charge on any atom is 0.238 e. The van der Waals surface area contributed by atoms with E-state index < -0.39 is 0 Å². The molecule has 4 aromatic heterocycles. The van der Waals surface area contributed by atoms with E-state index >= 15 is 0 Å². The highest BCUT2D eigenvalue weighted by atomic mass is 16.3. The molecule has 0 fully saturated rings. The molecule has 1 atom stereocenters. The summed E-state index contributed by atoms with van der Waals surface area (Å²) in [5.74, 6) is 2.09. The van der Waals surface area contributed by atoms with E-state index in [1.54, 1.807) is 0 Å². The molecule has 0 saturated carbocycles. The Morgan fingerprint density at radius 3 is 1.93 bits per heavy atom. The molecule has 13 aromatic rings. The van der Waals surface area contributed by atoms with Gasteiger partial charge in [-0.2, -0.15) is 9.97 Å². The van der Waals surface area contributed by atoms with Crippen LogP contribution in [0.1, 0.15) is 42.9 Å². The van der Waals surface area contributed by atoms with Gasteiger partial charge in [-0.25, -0.2) is 4.98 Å². The number of allylic oxidation sites excluding steroid dienone is 4. The number of fused-ring (bicyclic) bond motifs is 13. The second kappa shape index (κ2) is 15.4. The predicted octanol–water partition coefficient (Wildman–Crippen LogP) is 16.9. The van der Waals surface area contributed by atoms with Gasteiger partial charge in [0, 0.05) is 54.8 Å². The summed E-state index contributed by atoms with van der Waals surface area (Å²) in [4.78, 5) is 16.3. The first-order valence-corrected chi connectivity index (χ1v) is 24.9. The van der Waals surface area contributed by atoms with Crippen molar-refractivity contribution in [3.8, 4) is 56.7 Å². The molecule has 9 aromatic carbocycles. The number of benzene rings is 9. The summed E-state index contributed by atoms with van der Waals surface area (Å²) in [7, 11) is 0. The smallest absolute Gasteiger partial charge is 0.238 e. The first-order chi connectivity index (χ1) is 35.5.